The van der Waals surface area contributed by atoms with Crippen molar-refractivity contribution < 1.29 is 19.1 Å². The van der Waals surface area contributed by atoms with Gasteiger partial charge in [0.05, 0.1) is 18.5 Å². The number of anilines is 1. The molecule has 0 bridgehead atoms. The Morgan fingerprint density at radius 1 is 1.14 bits per heavy atom. The summed E-state index contributed by atoms with van der Waals surface area (Å²) in [6.45, 7) is 3.14. The van der Waals surface area contributed by atoms with E-state index in [1.165, 1.54) is 18.7 Å². The summed E-state index contributed by atoms with van der Waals surface area (Å²) < 4.78 is 11.9. The van der Waals surface area contributed by atoms with E-state index in [9.17, 15) is 9.59 Å². The van der Waals surface area contributed by atoms with Gasteiger partial charge >= 0.3 is 5.97 Å². The Hall–Kier alpha value is -3.32. The highest BCUT2D eigenvalue weighted by Gasteiger charge is 2.26. The lowest BCUT2D eigenvalue weighted by Gasteiger charge is -2.14. The molecular formula is C21H20ClN3O4. The SMILES string of the molecule is COc1cccc(NC(=O)[C@@H](C)OC(=O)c2c(C)nn(-c3ccccc3)c2Cl)c1. The monoisotopic (exact) mass is 413 g/mol. The minimum atomic E-state index is -1.04. The van der Waals surface area contributed by atoms with Gasteiger partial charge < -0.3 is 14.8 Å². The largest absolute Gasteiger partial charge is 0.497 e. The molecule has 0 fully saturated rings. The number of carbonyl (C=O) groups is 2. The van der Waals surface area contributed by atoms with Crippen LogP contribution in [-0.4, -0.2) is 34.9 Å². The second-order valence-electron chi connectivity index (χ2n) is 6.27. The van der Waals surface area contributed by atoms with Crippen molar-refractivity contribution in [1.29, 1.82) is 0 Å². The number of para-hydroxylation sites is 1. The first-order chi connectivity index (χ1) is 13.9. The van der Waals surface area contributed by atoms with Crippen LogP contribution in [0.15, 0.2) is 54.6 Å². The van der Waals surface area contributed by atoms with Crippen molar-refractivity contribution in [2.24, 2.45) is 0 Å². The van der Waals surface area contributed by atoms with E-state index in [-0.39, 0.29) is 10.7 Å². The molecule has 3 aromatic rings. The highest BCUT2D eigenvalue weighted by Crippen LogP contribution is 2.25. The number of ether oxygens (including phenoxy) is 2. The fourth-order valence-electron chi connectivity index (χ4n) is 2.69. The van der Waals surface area contributed by atoms with Gasteiger partial charge in [0.25, 0.3) is 5.91 Å². The molecule has 0 aliphatic rings. The highest BCUT2D eigenvalue weighted by atomic mass is 35.5. The zero-order valence-corrected chi connectivity index (χ0v) is 16.9. The van der Waals surface area contributed by atoms with Crippen LogP contribution in [0.25, 0.3) is 5.69 Å². The molecule has 29 heavy (non-hydrogen) atoms. The third-order valence-electron chi connectivity index (χ3n) is 4.20. The van der Waals surface area contributed by atoms with Gasteiger partial charge in [-0.25, -0.2) is 9.48 Å². The second kappa shape index (κ2) is 8.79. The van der Waals surface area contributed by atoms with Crippen molar-refractivity contribution in [3.05, 3.63) is 71.0 Å². The van der Waals surface area contributed by atoms with Crippen LogP contribution in [0.1, 0.15) is 23.0 Å². The van der Waals surface area contributed by atoms with Crippen molar-refractivity contribution in [2.75, 3.05) is 12.4 Å². The van der Waals surface area contributed by atoms with Crippen molar-refractivity contribution >= 4 is 29.2 Å². The molecule has 3 rings (SSSR count). The van der Waals surface area contributed by atoms with Crippen LogP contribution in [-0.2, 0) is 9.53 Å². The molecule has 1 amide bonds. The van der Waals surface area contributed by atoms with Crippen LogP contribution in [0.4, 0.5) is 5.69 Å². The van der Waals surface area contributed by atoms with Crippen LogP contribution in [0, 0.1) is 6.92 Å². The lowest BCUT2D eigenvalue weighted by atomic mass is 10.2. The molecule has 0 aliphatic heterocycles. The van der Waals surface area contributed by atoms with Gasteiger partial charge in [0.2, 0.25) is 0 Å². The Labute approximate surface area is 173 Å². The predicted octanol–water partition coefficient (Wildman–Crippen LogP) is 4.03. The number of carbonyl (C=O) groups excluding carboxylic acids is 2. The first-order valence-electron chi connectivity index (χ1n) is 8.87. The number of halogens is 1. The Bertz CT molecular complexity index is 1030. The quantitative estimate of drug-likeness (QED) is 0.617. The topological polar surface area (TPSA) is 82.4 Å². The molecule has 0 aliphatic carbocycles. The van der Waals surface area contributed by atoms with E-state index in [2.05, 4.69) is 10.4 Å². The fourth-order valence-corrected chi connectivity index (χ4v) is 3.04. The highest BCUT2D eigenvalue weighted by molar-refractivity contribution is 6.33. The average Bonchev–Trinajstić information content (AvgIpc) is 3.02. The fraction of sp³-hybridized carbons (Fsp3) is 0.190. The molecule has 1 N–H and O–H groups in total. The van der Waals surface area contributed by atoms with Crippen LogP contribution < -0.4 is 10.1 Å². The van der Waals surface area contributed by atoms with Crippen molar-refractivity contribution in [1.82, 2.24) is 9.78 Å². The molecule has 0 saturated carbocycles. The van der Waals surface area contributed by atoms with Crippen molar-refractivity contribution in [3.8, 4) is 11.4 Å². The van der Waals surface area contributed by atoms with Gasteiger partial charge in [-0.2, -0.15) is 5.10 Å². The Kier molecular flexibility index (Phi) is 6.19. The number of esters is 1. The number of methoxy groups -OCH3 is 1. The van der Waals surface area contributed by atoms with E-state index in [0.717, 1.165) is 0 Å². The molecule has 2 aromatic carbocycles. The molecule has 0 unspecified atom stereocenters. The molecule has 8 heteroatoms. The van der Waals surface area contributed by atoms with E-state index >= 15 is 0 Å². The molecule has 1 atom stereocenters. The maximum absolute atomic E-state index is 12.6. The van der Waals surface area contributed by atoms with Crippen LogP contribution in [0.3, 0.4) is 0 Å². The smallest absolute Gasteiger partial charge is 0.344 e. The zero-order valence-electron chi connectivity index (χ0n) is 16.2. The first-order valence-corrected chi connectivity index (χ1v) is 9.25. The molecule has 150 valence electrons. The number of benzene rings is 2. The lowest BCUT2D eigenvalue weighted by molar-refractivity contribution is -0.123. The molecule has 0 saturated heterocycles. The third-order valence-corrected chi connectivity index (χ3v) is 4.55. The molecule has 7 nitrogen and oxygen atoms in total. The summed E-state index contributed by atoms with van der Waals surface area (Å²) in [6.07, 6.45) is -1.04. The predicted molar refractivity (Wildman–Crippen MR) is 110 cm³/mol. The lowest BCUT2D eigenvalue weighted by Crippen LogP contribution is -2.30. The maximum Gasteiger partial charge on any atom is 0.344 e. The van der Waals surface area contributed by atoms with Gasteiger partial charge in [0.1, 0.15) is 16.5 Å². The summed E-state index contributed by atoms with van der Waals surface area (Å²) in [6, 6.07) is 16.1. The zero-order chi connectivity index (χ0) is 21.0. The van der Waals surface area contributed by atoms with Gasteiger partial charge in [-0.3, -0.25) is 4.79 Å². The Morgan fingerprint density at radius 3 is 2.55 bits per heavy atom. The standard InChI is InChI=1S/C21H20ClN3O4/c1-13-18(19(22)25(24-13)16-9-5-4-6-10-16)21(27)29-14(2)20(26)23-15-8-7-11-17(12-15)28-3/h4-12,14H,1-3H3,(H,23,26)/t14-/m1/s1. The second-order valence-corrected chi connectivity index (χ2v) is 6.63. The number of hydrogen-bond donors (Lipinski definition) is 1. The van der Waals surface area contributed by atoms with Crippen LogP contribution in [0.5, 0.6) is 5.75 Å². The normalized spacial score (nSPS) is 11.6. The molecule has 1 aromatic heterocycles. The Balaban J connectivity index is 1.72. The van der Waals surface area contributed by atoms with E-state index in [1.807, 2.05) is 30.3 Å². The summed E-state index contributed by atoms with van der Waals surface area (Å²) >= 11 is 6.37. The van der Waals surface area contributed by atoms with E-state index in [1.54, 1.807) is 31.2 Å². The molecule has 0 radical (unpaired) electrons. The number of nitrogens with one attached hydrogen (secondary N) is 1. The maximum atomic E-state index is 12.6. The van der Waals surface area contributed by atoms with Gasteiger partial charge in [-0.05, 0) is 38.1 Å². The van der Waals surface area contributed by atoms with Crippen molar-refractivity contribution in [2.45, 2.75) is 20.0 Å². The van der Waals surface area contributed by atoms with E-state index in [0.29, 0.717) is 22.8 Å². The van der Waals surface area contributed by atoms with Gasteiger partial charge in [-0.1, -0.05) is 35.9 Å². The van der Waals surface area contributed by atoms with Gasteiger partial charge in [0.15, 0.2) is 6.10 Å². The van der Waals surface area contributed by atoms with E-state index in [4.69, 9.17) is 21.1 Å². The molecular weight excluding hydrogens is 394 g/mol. The van der Waals surface area contributed by atoms with Gasteiger partial charge in [-0.15, -0.1) is 0 Å². The van der Waals surface area contributed by atoms with Crippen LogP contribution in [0.2, 0.25) is 5.15 Å². The summed E-state index contributed by atoms with van der Waals surface area (Å²) in [7, 11) is 1.53. The molecule has 1 heterocycles. The number of hydrogen-bond acceptors (Lipinski definition) is 5. The first kappa shape index (κ1) is 20.4. The Morgan fingerprint density at radius 2 is 1.86 bits per heavy atom. The van der Waals surface area contributed by atoms with Crippen LogP contribution >= 0.6 is 11.6 Å². The number of nitrogens with zero attached hydrogens (tertiary/aromatic N) is 2. The minimum Gasteiger partial charge on any atom is -0.497 e. The van der Waals surface area contributed by atoms with Crippen molar-refractivity contribution in [3.63, 3.8) is 0 Å². The number of rotatable bonds is 6. The van der Waals surface area contributed by atoms with Gasteiger partial charge in [0, 0.05) is 11.8 Å². The third kappa shape index (κ3) is 4.57. The number of aromatic nitrogens is 2. The molecule has 0 spiro atoms. The van der Waals surface area contributed by atoms with E-state index < -0.39 is 18.0 Å². The summed E-state index contributed by atoms with van der Waals surface area (Å²) in [4.78, 5) is 25.0. The average molecular weight is 414 g/mol. The summed E-state index contributed by atoms with van der Waals surface area (Å²) in [5, 5.41) is 7.12. The number of amides is 1. The summed E-state index contributed by atoms with van der Waals surface area (Å²) in [5.74, 6) is -0.595. The summed E-state index contributed by atoms with van der Waals surface area (Å²) in [5.41, 5.74) is 1.77. The number of aryl methyl sites for hydroxylation is 1. The minimum absolute atomic E-state index is 0.122.